The summed E-state index contributed by atoms with van der Waals surface area (Å²) in [5, 5.41) is 13.2. The minimum atomic E-state index is 0.0310. The first-order chi connectivity index (χ1) is 7.79. The fourth-order valence-corrected chi connectivity index (χ4v) is 3.27. The molecule has 2 rings (SSSR count). The minimum absolute atomic E-state index is 0.0310. The molecule has 0 aromatic carbocycles. The van der Waals surface area contributed by atoms with E-state index in [9.17, 15) is 5.11 Å². The van der Waals surface area contributed by atoms with Gasteiger partial charge in [-0.05, 0) is 58.2 Å². The van der Waals surface area contributed by atoms with Gasteiger partial charge in [-0.15, -0.1) is 0 Å². The summed E-state index contributed by atoms with van der Waals surface area (Å²) in [6.45, 7) is 6.08. The van der Waals surface area contributed by atoms with E-state index in [2.05, 4.69) is 17.1 Å². The summed E-state index contributed by atoms with van der Waals surface area (Å²) in [4.78, 5) is 2.63. The Morgan fingerprint density at radius 2 is 2.12 bits per heavy atom. The zero-order valence-corrected chi connectivity index (χ0v) is 10.5. The van der Waals surface area contributed by atoms with Crippen molar-refractivity contribution in [3.63, 3.8) is 0 Å². The number of aliphatic hydroxyl groups excluding tert-OH is 1. The third kappa shape index (κ3) is 2.58. The SMILES string of the molecule is CCCNC1(CO)CCC(N2CCCC2)C1. The second-order valence-corrected chi connectivity index (χ2v) is 5.50. The van der Waals surface area contributed by atoms with E-state index in [1.807, 2.05) is 0 Å². The lowest BCUT2D eigenvalue weighted by Gasteiger charge is -2.30. The molecular weight excluding hydrogens is 200 g/mol. The highest BCUT2D eigenvalue weighted by Gasteiger charge is 2.40. The molecular formula is C13H26N2O. The number of hydrogen-bond donors (Lipinski definition) is 2. The van der Waals surface area contributed by atoms with Crippen molar-refractivity contribution in [2.24, 2.45) is 0 Å². The van der Waals surface area contributed by atoms with Crippen molar-refractivity contribution in [2.75, 3.05) is 26.2 Å². The van der Waals surface area contributed by atoms with Gasteiger partial charge in [0, 0.05) is 11.6 Å². The molecule has 3 heteroatoms. The first kappa shape index (κ1) is 12.3. The maximum atomic E-state index is 9.62. The number of likely N-dealkylation sites (tertiary alicyclic amines) is 1. The molecule has 2 unspecified atom stereocenters. The van der Waals surface area contributed by atoms with Gasteiger partial charge in [-0.25, -0.2) is 0 Å². The van der Waals surface area contributed by atoms with Gasteiger partial charge in [0.25, 0.3) is 0 Å². The van der Waals surface area contributed by atoms with Crippen molar-refractivity contribution in [1.29, 1.82) is 0 Å². The molecule has 1 aliphatic heterocycles. The minimum Gasteiger partial charge on any atom is -0.394 e. The van der Waals surface area contributed by atoms with Gasteiger partial charge in [0.1, 0.15) is 0 Å². The third-order valence-electron chi connectivity index (χ3n) is 4.29. The lowest BCUT2D eigenvalue weighted by molar-refractivity contribution is 0.150. The Morgan fingerprint density at radius 1 is 1.38 bits per heavy atom. The first-order valence-electron chi connectivity index (χ1n) is 6.89. The van der Waals surface area contributed by atoms with Crippen molar-refractivity contribution in [1.82, 2.24) is 10.2 Å². The van der Waals surface area contributed by atoms with Gasteiger partial charge in [0.2, 0.25) is 0 Å². The monoisotopic (exact) mass is 226 g/mol. The van der Waals surface area contributed by atoms with Crippen LogP contribution >= 0.6 is 0 Å². The second-order valence-electron chi connectivity index (χ2n) is 5.50. The van der Waals surface area contributed by atoms with Crippen LogP contribution in [0.2, 0.25) is 0 Å². The first-order valence-corrected chi connectivity index (χ1v) is 6.89. The van der Waals surface area contributed by atoms with Crippen LogP contribution < -0.4 is 5.32 Å². The van der Waals surface area contributed by atoms with Crippen LogP contribution in [0.4, 0.5) is 0 Å². The Morgan fingerprint density at radius 3 is 2.75 bits per heavy atom. The fourth-order valence-electron chi connectivity index (χ4n) is 3.27. The van der Waals surface area contributed by atoms with Gasteiger partial charge in [0.15, 0.2) is 0 Å². The molecule has 0 aromatic rings. The van der Waals surface area contributed by atoms with Crippen LogP contribution in [0.1, 0.15) is 45.4 Å². The van der Waals surface area contributed by atoms with Crippen LogP contribution in [0.15, 0.2) is 0 Å². The van der Waals surface area contributed by atoms with Gasteiger partial charge in [-0.2, -0.15) is 0 Å². The number of nitrogens with one attached hydrogen (secondary N) is 1. The highest BCUT2D eigenvalue weighted by molar-refractivity contribution is 4.99. The highest BCUT2D eigenvalue weighted by atomic mass is 16.3. The molecule has 0 amide bonds. The average molecular weight is 226 g/mol. The zero-order valence-electron chi connectivity index (χ0n) is 10.5. The second kappa shape index (κ2) is 5.48. The maximum Gasteiger partial charge on any atom is 0.0613 e. The summed E-state index contributed by atoms with van der Waals surface area (Å²) in [5.41, 5.74) is 0.0310. The number of hydrogen-bond acceptors (Lipinski definition) is 3. The Balaban J connectivity index is 1.88. The molecule has 0 aromatic heterocycles. The summed E-state index contributed by atoms with van der Waals surface area (Å²) in [5.74, 6) is 0. The highest BCUT2D eigenvalue weighted by Crippen LogP contribution is 2.34. The standard InChI is InChI=1S/C13H26N2O/c1-2-7-14-13(11-16)6-5-12(10-13)15-8-3-4-9-15/h12,14,16H,2-11H2,1H3. The van der Waals surface area contributed by atoms with Crippen molar-refractivity contribution in [3.8, 4) is 0 Å². The van der Waals surface area contributed by atoms with Crippen LogP contribution in [0.5, 0.6) is 0 Å². The molecule has 3 nitrogen and oxygen atoms in total. The van der Waals surface area contributed by atoms with E-state index < -0.39 is 0 Å². The van der Waals surface area contributed by atoms with E-state index in [0.717, 1.165) is 31.8 Å². The summed E-state index contributed by atoms with van der Waals surface area (Å²) in [6, 6.07) is 0.721. The molecule has 1 aliphatic carbocycles. The van der Waals surface area contributed by atoms with Crippen molar-refractivity contribution >= 4 is 0 Å². The molecule has 16 heavy (non-hydrogen) atoms. The van der Waals surface area contributed by atoms with Gasteiger partial charge in [-0.3, -0.25) is 0 Å². The number of aliphatic hydroxyl groups is 1. The topological polar surface area (TPSA) is 35.5 Å². The van der Waals surface area contributed by atoms with E-state index in [1.54, 1.807) is 0 Å². The van der Waals surface area contributed by atoms with Crippen molar-refractivity contribution < 1.29 is 5.11 Å². The Kier molecular flexibility index (Phi) is 4.22. The molecule has 2 fully saturated rings. The van der Waals surface area contributed by atoms with E-state index >= 15 is 0 Å². The lowest BCUT2D eigenvalue weighted by Crippen LogP contribution is -2.48. The molecule has 2 aliphatic rings. The van der Waals surface area contributed by atoms with Crippen LogP contribution in [0.3, 0.4) is 0 Å². The van der Waals surface area contributed by atoms with E-state index in [0.29, 0.717) is 6.61 Å². The molecule has 94 valence electrons. The van der Waals surface area contributed by atoms with Gasteiger partial charge in [0.05, 0.1) is 6.61 Å². The van der Waals surface area contributed by atoms with Crippen molar-refractivity contribution in [2.45, 2.75) is 57.0 Å². The van der Waals surface area contributed by atoms with Gasteiger partial charge in [-0.1, -0.05) is 6.92 Å². The maximum absolute atomic E-state index is 9.62. The van der Waals surface area contributed by atoms with Crippen LogP contribution in [0, 0.1) is 0 Å². The molecule has 1 saturated carbocycles. The quantitative estimate of drug-likeness (QED) is 0.743. The molecule has 0 radical (unpaired) electrons. The average Bonchev–Trinajstić information content (AvgIpc) is 2.96. The van der Waals surface area contributed by atoms with Gasteiger partial charge >= 0.3 is 0 Å². The molecule has 2 atom stereocenters. The summed E-state index contributed by atoms with van der Waals surface area (Å²) in [7, 11) is 0. The summed E-state index contributed by atoms with van der Waals surface area (Å²) >= 11 is 0. The van der Waals surface area contributed by atoms with E-state index in [1.165, 1.54) is 32.4 Å². The number of nitrogens with zero attached hydrogens (tertiary/aromatic N) is 1. The largest absolute Gasteiger partial charge is 0.394 e. The van der Waals surface area contributed by atoms with E-state index in [-0.39, 0.29) is 5.54 Å². The smallest absolute Gasteiger partial charge is 0.0613 e. The van der Waals surface area contributed by atoms with Crippen LogP contribution in [-0.2, 0) is 0 Å². The summed E-state index contributed by atoms with van der Waals surface area (Å²) in [6.07, 6.45) is 7.43. The zero-order chi connectivity index (χ0) is 11.4. The van der Waals surface area contributed by atoms with Crippen LogP contribution in [-0.4, -0.2) is 47.8 Å². The lowest BCUT2D eigenvalue weighted by atomic mass is 9.98. The molecule has 1 heterocycles. The predicted octanol–water partition coefficient (Wildman–Crippen LogP) is 1.37. The normalized spacial score (nSPS) is 36.0. The van der Waals surface area contributed by atoms with Crippen molar-refractivity contribution in [3.05, 3.63) is 0 Å². The molecule has 0 bridgehead atoms. The molecule has 2 N–H and O–H groups in total. The Hall–Kier alpha value is -0.120. The molecule has 0 spiro atoms. The van der Waals surface area contributed by atoms with Gasteiger partial charge < -0.3 is 15.3 Å². The Labute approximate surface area is 99.2 Å². The number of rotatable bonds is 5. The third-order valence-corrected chi connectivity index (χ3v) is 4.29. The van der Waals surface area contributed by atoms with E-state index in [4.69, 9.17) is 0 Å². The predicted molar refractivity (Wildman–Crippen MR) is 66.6 cm³/mol. The Bertz CT molecular complexity index is 216. The van der Waals surface area contributed by atoms with Crippen LogP contribution in [0.25, 0.3) is 0 Å². The summed E-state index contributed by atoms with van der Waals surface area (Å²) < 4.78 is 0. The fraction of sp³-hybridized carbons (Fsp3) is 1.00. The molecule has 1 saturated heterocycles.